The fraction of sp³-hybridized carbons (Fsp3) is 0.229. The Morgan fingerprint density at radius 2 is 1.75 bits per heavy atom. The van der Waals surface area contributed by atoms with Gasteiger partial charge >= 0.3 is 11.7 Å². The predicted molar refractivity (Wildman–Crippen MR) is 182 cm³/mol. The largest absolute Gasteiger partial charge is 0.351 e. The van der Waals surface area contributed by atoms with Crippen molar-refractivity contribution in [2.24, 2.45) is 7.05 Å². The number of benzene rings is 2. The summed E-state index contributed by atoms with van der Waals surface area (Å²) < 4.78 is 1.74. The van der Waals surface area contributed by atoms with Crippen LogP contribution in [0, 0.1) is 11.3 Å². The number of anilines is 2. The molecule has 48 heavy (non-hydrogen) atoms. The van der Waals surface area contributed by atoms with E-state index in [9.17, 15) is 14.9 Å². The molecule has 4 heterocycles. The van der Waals surface area contributed by atoms with E-state index in [4.69, 9.17) is 9.97 Å². The molecule has 0 unspecified atom stereocenters. The molecule has 0 bridgehead atoms. The summed E-state index contributed by atoms with van der Waals surface area (Å²) in [6, 6.07) is 21.1. The molecule has 0 aliphatic heterocycles. The molecule has 2 amide bonds. The summed E-state index contributed by atoms with van der Waals surface area (Å²) in [6.07, 6.45) is 10.0. The van der Waals surface area contributed by atoms with Gasteiger partial charge in [0.2, 0.25) is 5.95 Å². The summed E-state index contributed by atoms with van der Waals surface area (Å²) in [4.78, 5) is 46.6. The number of aromatic amines is 2. The molecule has 0 saturated heterocycles. The van der Waals surface area contributed by atoms with Gasteiger partial charge in [-0.15, -0.1) is 0 Å². The monoisotopic (exact) mass is 639 g/mol. The summed E-state index contributed by atoms with van der Waals surface area (Å²) in [7, 11) is 1.87. The van der Waals surface area contributed by atoms with Gasteiger partial charge in [0, 0.05) is 54.8 Å². The van der Waals surface area contributed by atoms with Crippen molar-refractivity contribution >= 4 is 28.8 Å². The quantitative estimate of drug-likeness (QED) is 0.178. The van der Waals surface area contributed by atoms with Crippen LogP contribution in [0.5, 0.6) is 0 Å². The molecular weight excluding hydrogens is 606 g/mol. The Morgan fingerprint density at radius 1 is 0.958 bits per heavy atom. The zero-order valence-corrected chi connectivity index (χ0v) is 26.2. The number of amides is 2. The Kier molecular flexibility index (Phi) is 8.36. The minimum Gasteiger partial charge on any atom is -0.351 e. The molecule has 1 aliphatic rings. The fourth-order valence-electron chi connectivity index (χ4n) is 6.18. The van der Waals surface area contributed by atoms with Crippen LogP contribution in [-0.4, -0.2) is 52.8 Å². The average molecular weight is 640 g/mol. The zero-order valence-electron chi connectivity index (χ0n) is 26.2. The number of urea groups is 1. The van der Waals surface area contributed by atoms with E-state index >= 15 is 0 Å². The SMILES string of the molecule is Cn1cc(-c2ccc(N(C(=O)NCc3ccccc3)[C@H]3CC[C@H](Nc4ncc(C#N)c(-c5ccc6[nH]c(=O)[nH]c6c5)n4)CC3)nc2)cn1. The molecule has 240 valence electrons. The third kappa shape index (κ3) is 6.50. The molecule has 1 fully saturated rings. The Bertz CT molecular complexity index is 2160. The van der Waals surface area contributed by atoms with Crippen LogP contribution in [-0.2, 0) is 13.6 Å². The highest BCUT2D eigenvalue weighted by atomic mass is 16.2. The second-order valence-corrected chi connectivity index (χ2v) is 11.9. The first kappa shape index (κ1) is 30.4. The number of nitrogens with one attached hydrogen (secondary N) is 4. The molecular formula is C35H33N11O2. The molecule has 13 heteroatoms. The van der Waals surface area contributed by atoms with E-state index in [1.807, 2.05) is 61.8 Å². The zero-order chi connectivity index (χ0) is 33.0. The number of carbonyl (C=O) groups excluding carboxylic acids is 1. The minimum absolute atomic E-state index is 0.0664. The van der Waals surface area contributed by atoms with Crippen molar-refractivity contribution in [1.82, 2.24) is 40.0 Å². The number of aryl methyl sites for hydroxylation is 1. The lowest BCUT2D eigenvalue weighted by molar-refractivity contribution is 0.240. The number of H-pyrrole nitrogens is 2. The van der Waals surface area contributed by atoms with Crippen LogP contribution in [0.3, 0.4) is 0 Å². The molecule has 1 aliphatic carbocycles. The summed E-state index contributed by atoms with van der Waals surface area (Å²) >= 11 is 0. The Balaban J connectivity index is 1.07. The average Bonchev–Trinajstić information content (AvgIpc) is 3.73. The van der Waals surface area contributed by atoms with E-state index in [1.54, 1.807) is 34.1 Å². The van der Waals surface area contributed by atoms with Crippen LogP contribution in [0.1, 0.15) is 36.8 Å². The van der Waals surface area contributed by atoms with Gasteiger partial charge in [0.25, 0.3) is 0 Å². The molecule has 0 atom stereocenters. The number of imidazole rings is 1. The van der Waals surface area contributed by atoms with Crippen molar-refractivity contribution in [1.29, 1.82) is 5.26 Å². The van der Waals surface area contributed by atoms with E-state index in [1.165, 1.54) is 6.20 Å². The number of aromatic nitrogens is 7. The summed E-state index contributed by atoms with van der Waals surface area (Å²) in [5.41, 5.74) is 5.41. The lowest BCUT2D eigenvalue weighted by atomic mass is 9.90. The summed E-state index contributed by atoms with van der Waals surface area (Å²) in [5, 5.41) is 20.5. The van der Waals surface area contributed by atoms with Crippen LogP contribution in [0.15, 0.2) is 90.2 Å². The van der Waals surface area contributed by atoms with E-state index in [0.29, 0.717) is 46.2 Å². The third-order valence-corrected chi connectivity index (χ3v) is 8.63. The van der Waals surface area contributed by atoms with Crippen molar-refractivity contribution in [2.75, 3.05) is 10.2 Å². The van der Waals surface area contributed by atoms with Crippen molar-refractivity contribution < 1.29 is 4.79 Å². The van der Waals surface area contributed by atoms with E-state index in [-0.39, 0.29) is 23.8 Å². The molecule has 7 rings (SSSR count). The van der Waals surface area contributed by atoms with Gasteiger partial charge in [-0.2, -0.15) is 10.4 Å². The van der Waals surface area contributed by atoms with Crippen molar-refractivity contribution in [3.63, 3.8) is 0 Å². The highest BCUT2D eigenvalue weighted by Crippen LogP contribution is 2.30. The fourth-order valence-corrected chi connectivity index (χ4v) is 6.18. The number of nitriles is 1. The van der Waals surface area contributed by atoms with Gasteiger partial charge in [0.1, 0.15) is 11.9 Å². The van der Waals surface area contributed by atoms with Gasteiger partial charge in [-0.1, -0.05) is 36.4 Å². The van der Waals surface area contributed by atoms with Crippen molar-refractivity contribution in [3.05, 3.63) is 107 Å². The van der Waals surface area contributed by atoms with Crippen molar-refractivity contribution in [2.45, 2.75) is 44.3 Å². The van der Waals surface area contributed by atoms with Crippen LogP contribution in [0.2, 0.25) is 0 Å². The van der Waals surface area contributed by atoms with Crippen LogP contribution >= 0.6 is 0 Å². The van der Waals surface area contributed by atoms with Crippen LogP contribution in [0.25, 0.3) is 33.4 Å². The number of carbonyl (C=O) groups is 1. The van der Waals surface area contributed by atoms with Gasteiger partial charge in [-0.25, -0.2) is 24.5 Å². The molecule has 2 aromatic carbocycles. The van der Waals surface area contributed by atoms with E-state index < -0.39 is 0 Å². The lowest BCUT2D eigenvalue weighted by Crippen LogP contribution is -2.49. The predicted octanol–water partition coefficient (Wildman–Crippen LogP) is 5.12. The molecule has 0 spiro atoms. The van der Waals surface area contributed by atoms with Gasteiger partial charge in [-0.05, 0) is 55.5 Å². The number of fused-ring (bicyclic) bond motifs is 1. The van der Waals surface area contributed by atoms with Gasteiger partial charge in [0.15, 0.2) is 0 Å². The molecule has 4 aromatic heterocycles. The normalized spacial score (nSPS) is 15.9. The van der Waals surface area contributed by atoms with Gasteiger partial charge in [-0.3, -0.25) is 9.58 Å². The van der Waals surface area contributed by atoms with Gasteiger partial charge < -0.3 is 20.6 Å². The maximum atomic E-state index is 13.7. The van der Waals surface area contributed by atoms with Crippen LogP contribution in [0.4, 0.5) is 16.6 Å². The second kappa shape index (κ2) is 13.2. The number of nitrogens with zero attached hydrogens (tertiary/aromatic N) is 7. The first-order chi connectivity index (χ1) is 23.4. The lowest BCUT2D eigenvalue weighted by Gasteiger charge is -2.36. The number of pyridine rings is 1. The summed E-state index contributed by atoms with van der Waals surface area (Å²) in [5.74, 6) is 1.01. The maximum absolute atomic E-state index is 13.7. The number of hydrogen-bond acceptors (Lipinski definition) is 8. The van der Waals surface area contributed by atoms with Gasteiger partial charge in [0.05, 0.1) is 34.7 Å². The second-order valence-electron chi connectivity index (χ2n) is 11.9. The molecule has 6 aromatic rings. The van der Waals surface area contributed by atoms with E-state index in [2.05, 4.69) is 36.8 Å². The molecule has 0 radical (unpaired) electrons. The van der Waals surface area contributed by atoms with E-state index in [0.717, 1.165) is 42.4 Å². The highest BCUT2D eigenvalue weighted by Gasteiger charge is 2.31. The third-order valence-electron chi connectivity index (χ3n) is 8.63. The minimum atomic E-state index is -0.298. The molecule has 13 nitrogen and oxygen atoms in total. The molecule has 1 saturated carbocycles. The summed E-state index contributed by atoms with van der Waals surface area (Å²) in [6.45, 7) is 0.409. The van der Waals surface area contributed by atoms with Crippen LogP contribution < -0.4 is 21.2 Å². The number of rotatable bonds is 8. The smallest absolute Gasteiger partial charge is 0.323 e. The topological polar surface area (TPSA) is 173 Å². The molecule has 4 N–H and O–H groups in total. The number of hydrogen-bond donors (Lipinski definition) is 4. The highest BCUT2D eigenvalue weighted by molar-refractivity contribution is 5.91. The Morgan fingerprint density at radius 3 is 2.48 bits per heavy atom. The first-order valence-corrected chi connectivity index (χ1v) is 15.8. The first-order valence-electron chi connectivity index (χ1n) is 15.8. The van der Waals surface area contributed by atoms with Crippen molar-refractivity contribution in [3.8, 4) is 28.5 Å². The maximum Gasteiger partial charge on any atom is 0.323 e. The standard InChI is InChI=1S/C35H33N11O2/c1-45-21-26(20-40-45)24-8-14-31(37-18-24)46(35(48)39-17-22-5-3-2-4-6-22)28-11-9-27(10-12-28)41-33-38-19-25(16-36)32(44-33)23-7-13-29-30(15-23)43-34(47)42-29/h2-8,13-15,18-21,27-28H,9-12,17H2,1H3,(H,39,48)(H,38,41,44)(H2,42,43,47)/t27-,28-. The Labute approximate surface area is 275 Å². The Hall–Kier alpha value is -6.29.